The van der Waals surface area contributed by atoms with E-state index in [1.54, 1.807) is 0 Å². The number of hydrogen-bond acceptors (Lipinski definition) is 3. The van der Waals surface area contributed by atoms with Crippen molar-refractivity contribution in [3.63, 3.8) is 0 Å². The van der Waals surface area contributed by atoms with Crippen LogP contribution < -0.4 is 10.6 Å². The van der Waals surface area contributed by atoms with E-state index in [-0.39, 0.29) is 5.41 Å². The molecule has 0 bridgehead atoms. The van der Waals surface area contributed by atoms with Gasteiger partial charge in [0.15, 0.2) is 5.96 Å². The van der Waals surface area contributed by atoms with Crippen molar-refractivity contribution in [3.05, 3.63) is 17.0 Å². The monoisotopic (exact) mass is 333 g/mol. The Balaban J connectivity index is 1.63. The van der Waals surface area contributed by atoms with Crippen LogP contribution in [0.3, 0.4) is 0 Å². The van der Waals surface area contributed by atoms with Gasteiger partial charge in [0.2, 0.25) is 0 Å². The first kappa shape index (κ1) is 17.3. The van der Waals surface area contributed by atoms with Crippen LogP contribution in [0, 0.1) is 25.2 Å². The zero-order valence-electron chi connectivity index (χ0n) is 15.8. The van der Waals surface area contributed by atoms with E-state index in [4.69, 9.17) is 4.74 Å². The fourth-order valence-electron chi connectivity index (χ4n) is 4.40. The molecule has 0 radical (unpaired) electrons. The normalized spacial score (nSPS) is 28.9. The molecule has 134 valence electrons. The third-order valence-electron chi connectivity index (χ3n) is 5.94. The molecular formula is C18H31N5O. The molecule has 3 unspecified atom stereocenters. The molecule has 3 atom stereocenters. The molecule has 2 aliphatic rings. The molecule has 0 spiro atoms. The van der Waals surface area contributed by atoms with E-state index in [9.17, 15) is 0 Å². The van der Waals surface area contributed by atoms with Crippen LogP contribution in [0.15, 0.2) is 4.99 Å². The van der Waals surface area contributed by atoms with E-state index in [1.165, 1.54) is 17.7 Å². The summed E-state index contributed by atoms with van der Waals surface area (Å²) in [5.41, 5.74) is 3.65. The average molecular weight is 333 g/mol. The molecule has 1 aromatic heterocycles. The van der Waals surface area contributed by atoms with E-state index in [0.29, 0.717) is 18.1 Å². The Morgan fingerprint density at radius 3 is 2.79 bits per heavy atom. The summed E-state index contributed by atoms with van der Waals surface area (Å²) in [5.74, 6) is 1.45. The predicted molar refractivity (Wildman–Crippen MR) is 96.0 cm³/mol. The maximum atomic E-state index is 5.99. The Morgan fingerprint density at radius 2 is 2.17 bits per heavy atom. The first-order valence-electron chi connectivity index (χ1n) is 8.94. The van der Waals surface area contributed by atoms with Crippen molar-refractivity contribution in [3.8, 4) is 0 Å². The van der Waals surface area contributed by atoms with Crippen LogP contribution in [-0.4, -0.2) is 41.5 Å². The van der Waals surface area contributed by atoms with E-state index < -0.39 is 0 Å². The summed E-state index contributed by atoms with van der Waals surface area (Å²) in [6.45, 7) is 10.4. The first-order valence-corrected chi connectivity index (χ1v) is 8.94. The number of aryl methyl sites for hydroxylation is 2. The van der Waals surface area contributed by atoms with Crippen LogP contribution >= 0.6 is 0 Å². The third-order valence-corrected chi connectivity index (χ3v) is 5.94. The maximum Gasteiger partial charge on any atom is 0.191 e. The van der Waals surface area contributed by atoms with Crippen LogP contribution in [-0.2, 0) is 18.3 Å². The van der Waals surface area contributed by atoms with Gasteiger partial charge in [0, 0.05) is 55.9 Å². The summed E-state index contributed by atoms with van der Waals surface area (Å²) in [6, 6.07) is 0.407. The van der Waals surface area contributed by atoms with Gasteiger partial charge < -0.3 is 15.4 Å². The number of rotatable bonds is 3. The van der Waals surface area contributed by atoms with Gasteiger partial charge in [-0.1, -0.05) is 13.8 Å². The Labute approximate surface area is 145 Å². The van der Waals surface area contributed by atoms with Crippen molar-refractivity contribution >= 4 is 5.96 Å². The van der Waals surface area contributed by atoms with Crippen LogP contribution in [0.5, 0.6) is 0 Å². The standard InChI is InChI=1S/C18H31N5O/c1-11-14(12(2)23(6)22-11)10-20-17(19-5)21-15-13-8-7-9-24-16(13)18(15,3)4/h13,15-16H,7-10H2,1-6H3,(H2,19,20,21). The number of nitrogens with one attached hydrogen (secondary N) is 2. The van der Waals surface area contributed by atoms with Gasteiger partial charge in [-0.15, -0.1) is 0 Å². The topological polar surface area (TPSA) is 63.5 Å². The predicted octanol–water partition coefficient (Wildman–Crippen LogP) is 1.91. The van der Waals surface area contributed by atoms with E-state index in [2.05, 4.69) is 48.4 Å². The Hall–Kier alpha value is -1.56. The molecule has 1 saturated heterocycles. The molecule has 6 heteroatoms. The lowest BCUT2D eigenvalue weighted by atomic mass is 9.55. The van der Waals surface area contributed by atoms with Gasteiger partial charge in [-0.05, 0) is 26.7 Å². The van der Waals surface area contributed by atoms with Crippen LogP contribution in [0.2, 0.25) is 0 Å². The number of aliphatic imine (C=N–C) groups is 1. The lowest BCUT2D eigenvalue weighted by Gasteiger charge is -2.60. The number of aromatic nitrogens is 2. The van der Waals surface area contributed by atoms with Gasteiger partial charge in [0.05, 0.1) is 11.8 Å². The summed E-state index contributed by atoms with van der Waals surface area (Å²) in [7, 11) is 3.82. The van der Waals surface area contributed by atoms with Gasteiger partial charge in [0.1, 0.15) is 0 Å². The lowest BCUT2D eigenvalue weighted by molar-refractivity contribution is -0.188. The van der Waals surface area contributed by atoms with Gasteiger partial charge in [0.25, 0.3) is 0 Å². The van der Waals surface area contributed by atoms with Crippen molar-refractivity contribution in [2.24, 2.45) is 23.4 Å². The third kappa shape index (κ3) is 2.81. The van der Waals surface area contributed by atoms with E-state index in [1.807, 2.05) is 18.8 Å². The Kier molecular flexibility index (Phi) is 4.60. The highest BCUT2D eigenvalue weighted by Gasteiger charge is 2.58. The smallest absolute Gasteiger partial charge is 0.191 e. The molecule has 1 saturated carbocycles. The maximum absolute atomic E-state index is 5.99. The molecule has 0 amide bonds. The van der Waals surface area contributed by atoms with Crippen LogP contribution in [0.25, 0.3) is 0 Å². The molecule has 6 nitrogen and oxygen atoms in total. The number of ether oxygens (including phenoxy) is 1. The second-order valence-electron chi connectivity index (χ2n) is 7.74. The Morgan fingerprint density at radius 1 is 1.42 bits per heavy atom. The van der Waals surface area contributed by atoms with Crippen molar-refractivity contribution in [2.45, 2.75) is 59.2 Å². The fourth-order valence-corrected chi connectivity index (χ4v) is 4.40. The van der Waals surface area contributed by atoms with Gasteiger partial charge in [-0.2, -0.15) is 5.10 Å². The molecule has 1 aromatic rings. The lowest BCUT2D eigenvalue weighted by Crippen LogP contribution is -2.71. The average Bonchev–Trinajstić information content (AvgIpc) is 2.80. The summed E-state index contributed by atoms with van der Waals surface area (Å²) < 4.78 is 7.92. The molecule has 1 aliphatic carbocycles. The van der Waals surface area contributed by atoms with Crippen molar-refractivity contribution in [2.75, 3.05) is 13.7 Å². The van der Waals surface area contributed by atoms with Crippen molar-refractivity contribution in [1.29, 1.82) is 0 Å². The summed E-state index contributed by atoms with van der Waals surface area (Å²) in [4.78, 5) is 4.42. The number of fused-ring (bicyclic) bond motifs is 1. The van der Waals surface area contributed by atoms with E-state index in [0.717, 1.165) is 31.2 Å². The summed E-state index contributed by atoms with van der Waals surface area (Å²) in [6.07, 6.45) is 2.78. The Bertz CT molecular complexity index is 634. The number of hydrogen-bond donors (Lipinski definition) is 2. The highest BCUT2D eigenvalue weighted by molar-refractivity contribution is 5.80. The van der Waals surface area contributed by atoms with Crippen molar-refractivity contribution < 1.29 is 4.74 Å². The van der Waals surface area contributed by atoms with Gasteiger partial charge in [-0.3, -0.25) is 9.67 Å². The molecule has 2 N–H and O–H groups in total. The second kappa shape index (κ2) is 6.39. The van der Waals surface area contributed by atoms with E-state index >= 15 is 0 Å². The summed E-state index contributed by atoms with van der Waals surface area (Å²) in [5, 5.41) is 11.6. The zero-order chi connectivity index (χ0) is 17.5. The first-order chi connectivity index (χ1) is 11.4. The van der Waals surface area contributed by atoms with Gasteiger partial charge in [-0.25, -0.2) is 0 Å². The minimum atomic E-state index is 0.142. The van der Waals surface area contributed by atoms with Gasteiger partial charge >= 0.3 is 0 Å². The fraction of sp³-hybridized carbons (Fsp3) is 0.778. The quantitative estimate of drug-likeness (QED) is 0.655. The summed E-state index contributed by atoms with van der Waals surface area (Å²) >= 11 is 0. The molecule has 1 aliphatic heterocycles. The van der Waals surface area contributed by atoms with Crippen molar-refractivity contribution in [1.82, 2.24) is 20.4 Å². The SMILES string of the molecule is CN=C(NCc1c(C)nn(C)c1C)NC1C2CCCOC2C1(C)C. The molecule has 3 rings (SSSR count). The minimum Gasteiger partial charge on any atom is -0.377 e. The molecule has 2 fully saturated rings. The highest BCUT2D eigenvalue weighted by atomic mass is 16.5. The van der Waals surface area contributed by atoms with Crippen LogP contribution in [0.4, 0.5) is 0 Å². The number of guanidine groups is 1. The molecular weight excluding hydrogens is 302 g/mol. The second-order valence-corrected chi connectivity index (χ2v) is 7.74. The molecule has 24 heavy (non-hydrogen) atoms. The van der Waals surface area contributed by atoms with Crippen LogP contribution in [0.1, 0.15) is 43.6 Å². The highest BCUT2D eigenvalue weighted by Crippen LogP contribution is 2.51. The molecule has 2 heterocycles. The number of nitrogens with zero attached hydrogens (tertiary/aromatic N) is 3. The zero-order valence-corrected chi connectivity index (χ0v) is 15.8. The molecule has 0 aromatic carbocycles. The largest absolute Gasteiger partial charge is 0.377 e. The minimum absolute atomic E-state index is 0.142.